The average Bonchev–Trinajstić information content (AvgIpc) is 2.30. The van der Waals surface area contributed by atoms with E-state index < -0.39 is 0 Å². The minimum atomic E-state index is 1.14. The molecule has 0 fully saturated rings. The largest absolute Gasteiger partial charge is 0.0989 e. The van der Waals surface area contributed by atoms with Gasteiger partial charge >= 0.3 is 0 Å². The molecule has 0 amide bonds. The number of hydrogen-bond donors (Lipinski definition) is 0. The van der Waals surface area contributed by atoms with Crippen LogP contribution in [0.3, 0.4) is 0 Å². The summed E-state index contributed by atoms with van der Waals surface area (Å²) in [7, 11) is 0. The van der Waals surface area contributed by atoms with Crippen molar-refractivity contribution in [3.8, 4) is 0 Å². The van der Waals surface area contributed by atoms with E-state index in [-0.39, 0.29) is 0 Å². The Kier molecular flexibility index (Phi) is 3.00. The average molecular weight is 246 g/mol. The molecule has 0 aromatic heterocycles. The second kappa shape index (κ2) is 4.43. The van der Waals surface area contributed by atoms with E-state index in [1.54, 1.807) is 0 Å². The van der Waals surface area contributed by atoms with E-state index in [1.807, 2.05) is 36.4 Å². The minimum absolute atomic E-state index is 1.14. The van der Waals surface area contributed by atoms with Crippen LogP contribution in [-0.4, -0.2) is 0 Å². The van der Waals surface area contributed by atoms with Gasteiger partial charge in [0, 0.05) is 0 Å². The Balaban J connectivity index is 2.30. The zero-order chi connectivity index (χ0) is 9.80. The molecule has 0 unspecified atom stereocenters. The van der Waals surface area contributed by atoms with E-state index in [2.05, 4.69) is 40.2 Å². The molecular weight excluding hydrogens is 236 g/mol. The second-order valence-electron chi connectivity index (χ2n) is 3.05. The fourth-order valence-corrected chi connectivity index (χ4v) is 1.86. The van der Waals surface area contributed by atoms with Gasteiger partial charge in [0.2, 0.25) is 0 Å². The number of rotatable bonds is 2. The first-order valence-electron chi connectivity index (χ1n) is 4.51. The minimum Gasteiger partial charge on any atom is -0.0726 e. The molecule has 0 atom stereocenters. The first-order valence-corrected chi connectivity index (χ1v) is 5.30. The molecule has 2 aromatic rings. The third-order valence-electron chi connectivity index (χ3n) is 2.05. The lowest BCUT2D eigenvalue weighted by molar-refractivity contribution is 1.40. The van der Waals surface area contributed by atoms with Crippen molar-refractivity contribution in [2.75, 3.05) is 0 Å². The SMILES string of the molecule is Br[C](c1ccccc1)c1ccccc1. The van der Waals surface area contributed by atoms with E-state index in [9.17, 15) is 0 Å². The Morgan fingerprint density at radius 3 is 1.36 bits per heavy atom. The van der Waals surface area contributed by atoms with Crippen molar-refractivity contribution >= 4 is 15.9 Å². The zero-order valence-electron chi connectivity index (χ0n) is 7.65. The normalized spacial score (nSPS) is 10.4. The summed E-state index contributed by atoms with van der Waals surface area (Å²) < 4.78 is 0. The lowest BCUT2D eigenvalue weighted by Gasteiger charge is -2.08. The van der Waals surface area contributed by atoms with E-state index >= 15 is 0 Å². The van der Waals surface area contributed by atoms with Crippen molar-refractivity contribution in [1.29, 1.82) is 0 Å². The van der Waals surface area contributed by atoms with Gasteiger partial charge in [0.15, 0.2) is 0 Å². The maximum Gasteiger partial charge on any atom is 0.0989 e. The Hall–Kier alpha value is -1.08. The Bertz CT molecular complexity index is 341. The highest BCUT2D eigenvalue weighted by Crippen LogP contribution is 2.28. The first kappa shape index (κ1) is 9.47. The summed E-state index contributed by atoms with van der Waals surface area (Å²) in [5.41, 5.74) is 2.41. The van der Waals surface area contributed by atoms with Gasteiger partial charge in [0.1, 0.15) is 0 Å². The fourth-order valence-electron chi connectivity index (χ4n) is 1.34. The van der Waals surface area contributed by atoms with E-state index in [0.29, 0.717) is 0 Å². The number of benzene rings is 2. The van der Waals surface area contributed by atoms with Gasteiger partial charge < -0.3 is 0 Å². The maximum absolute atomic E-state index is 3.61. The van der Waals surface area contributed by atoms with Gasteiger partial charge in [0.05, 0.1) is 4.83 Å². The van der Waals surface area contributed by atoms with Crippen molar-refractivity contribution in [1.82, 2.24) is 0 Å². The summed E-state index contributed by atoms with van der Waals surface area (Å²) in [5, 5.41) is 0. The van der Waals surface area contributed by atoms with Crippen LogP contribution in [0, 0.1) is 4.83 Å². The zero-order valence-corrected chi connectivity index (χ0v) is 9.24. The molecule has 14 heavy (non-hydrogen) atoms. The van der Waals surface area contributed by atoms with Crippen molar-refractivity contribution < 1.29 is 0 Å². The topological polar surface area (TPSA) is 0 Å². The summed E-state index contributed by atoms with van der Waals surface area (Å²) in [4.78, 5) is 1.14. The van der Waals surface area contributed by atoms with Gasteiger partial charge in [-0.05, 0) is 11.1 Å². The molecule has 0 aliphatic heterocycles. The molecule has 1 radical (unpaired) electrons. The summed E-state index contributed by atoms with van der Waals surface area (Å²) in [6.07, 6.45) is 0. The lowest BCUT2D eigenvalue weighted by Crippen LogP contribution is -1.91. The van der Waals surface area contributed by atoms with Crippen LogP contribution in [0.25, 0.3) is 0 Å². The fraction of sp³-hybridized carbons (Fsp3) is 0. The van der Waals surface area contributed by atoms with Gasteiger partial charge in [-0.25, -0.2) is 0 Å². The van der Waals surface area contributed by atoms with Crippen LogP contribution >= 0.6 is 15.9 Å². The van der Waals surface area contributed by atoms with Crippen LogP contribution in [0.4, 0.5) is 0 Å². The summed E-state index contributed by atoms with van der Waals surface area (Å²) in [5.74, 6) is 0. The predicted molar refractivity (Wildman–Crippen MR) is 63.3 cm³/mol. The van der Waals surface area contributed by atoms with Crippen molar-refractivity contribution in [2.24, 2.45) is 0 Å². The lowest BCUT2D eigenvalue weighted by atomic mass is 10.1. The first-order chi connectivity index (χ1) is 6.88. The Morgan fingerprint density at radius 2 is 1.00 bits per heavy atom. The monoisotopic (exact) mass is 245 g/mol. The molecule has 2 aromatic carbocycles. The molecule has 2 rings (SSSR count). The second-order valence-corrected chi connectivity index (χ2v) is 3.84. The highest BCUT2D eigenvalue weighted by Gasteiger charge is 2.09. The van der Waals surface area contributed by atoms with Crippen LogP contribution in [0.5, 0.6) is 0 Å². The molecule has 0 heterocycles. The molecule has 0 nitrogen and oxygen atoms in total. The van der Waals surface area contributed by atoms with Crippen LogP contribution in [0.2, 0.25) is 0 Å². The smallest absolute Gasteiger partial charge is 0.0726 e. The molecule has 0 saturated carbocycles. The molecule has 69 valence electrons. The third-order valence-corrected chi connectivity index (χ3v) is 2.97. The summed E-state index contributed by atoms with van der Waals surface area (Å²) >= 11 is 3.61. The number of hydrogen-bond acceptors (Lipinski definition) is 0. The van der Waals surface area contributed by atoms with Gasteiger partial charge in [-0.15, -0.1) is 0 Å². The Labute approximate surface area is 92.7 Å². The molecule has 0 spiro atoms. The van der Waals surface area contributed by atoms with Crippen molar-refractivity contribution in [2.45, 2.75) is 0 Å². The van der Waals surface area contributed by atoms with Crippen LogP contribution < -0.4 is 0 Å². The van der Waals surface area contributed by atoms with Gasteiger partial charge in [0.25, 0.3) is 0 Å². The maximum atomic E-state index is 3.61. The highest BCUT2D eigenvalue weighted by atomic mass is 79.9. The predicted octanol–water partition coefficient (Wildman–Crippen LogP) is 4.01. The molecule has 0 aliphatic rings. The van der Waals surface area contributed by atoms with Crippen LogP contribution in [0.15, 0.2) is 60.7 Å². The quantitative estimate of drug-likeness (QED) is 0.751. The summed E-state index contributed by atoms with van der Waals surface area (Å²) in [6.45, 7) is 0. The molecule has 0 aliphatic carbocycles. The number of halogens is 1. The third kappa shape index (κ3) is 2.05. The van der Waals surface area contributed by atoms with E-state index in [1.165, 1.54) is 11.1 Å². The standard InChI is InChI=1S/C13H10Br/c14-13(11-7-3-1-4-8-11)12-9-5-2-6-10-12/h1-10H. The van der Waals surface area contributed by atoms with Gasteiger partial charge in [-0.1, -0.05) is 76.6 Å². The highest BCUT2D eigenvalue weighted by molar-refractivity contribution is 9.11. The molecule has 1 heteroatoms. The van der Waals surface area contributed by atoms with Gasteiger partial charge in [-0.2, -0.15) is 0 Å². The Morgan fingerprint density at radius 1 is 0.643 bits per heavy atom. The van der Waals surface area contributed by atoms with Gasteiger partial charge in [-0.3, -0.25) is 0 Å². The molecular formula is C13H10Br. The molecule has 0 saturated heterocycles. The van der Waals surface area contributed by atoms with Crippen LogP contribution in [-0.2, 0) is 0 Å². The van der Waals surface area contributed by atoms with E-state index in [0.717, 1.165) is 4.83 Å². The summed E-state index contributed by atoms with van der Waals surface area (Å²) in [6, 6.07) is 20.6. The van der Waals surface area contributed by atoms with Crippen LogP contribution in [0.1, 0.15) is 11.1 Å². The van der Waals surface area contributed by atoms with Crippen molar-refractivity contribution in [3.05, 3.63) is 76.6 Å². The van der Waals surface area contributed by atoms with Crippen molar-refractivity contribution in [3.63, 3.8) is 0 Å². The molecule has 0 N–H and O–H groups in total. The van der Waals surface area contributed by atoms with E-state index in [4.69, 9.17) is 0 Å². The molecule has 0 bridgehead atoms.